The van der Waals surface area contributed by atoms with Gasteiger partial charge in [0, 0.05) is 13.1 Å². The monoisotopic (exact) mass is 157 g/mol. The molecule has 66 valence electrons. The van der Waals surface area contributed by atoms with Gasteiger partial charge in [-0.25, -0.2) is 0 Å². The van der Waals surface area contributed by atoms with Crippen molar-refractivity contribution in [1.82, 2.24) is 4.90 Å². The third-order valence-corrected chi connectivity index (χ3v) is 1.55. The van der Waals surface area contributed by atoms with Crippen molar-refractivity contribution in [2.45, 2.75) is 20.3 Å². The summed E-state index contributed by atoms with van der Waals surface area (Å²) in [6.07, 6.45) is 3.30. The summed E-state index contributed by atoms with van der Waals surface area (Å²) in [4.78, 5) is 2.12. The van der Waals surface area contributed by atoms with E-state index in [4.69, 9.17) is 5.11 Å². The van der Waals surface area contributed by atoms with Crippen molar-refractivity contribution in [2.75, 3.05) is 26.7 Å². The zero-order valence-electron chi connectivity index (χ0n) is 7.80. The highest BCUT2D eigenvalue weighted by Crippen LogP contribution is 1.94. The van der Waals surface area contributed by atoms with Gasteiger partial charge in [0.05, 0.1) is 6.61 Å². The number of likely N-dealkylation sites (N-methyl/N-ethyl adjacent to an activating group) is 1. The predicted molar refractivity (Wildman–Crippen MR) is 48.6 cm³/mol. The number of nitrogens with zero attached hydrogens (tertiary/aromatic N) is 1. The molecule has 0 aromatic rings. The van der Waals surface area contributed by atoms with E-state index in [1.54, 1.807) is 0 Å². The third kappa shape index (κ3) is 7.56. The average molecular weight is 157 g/mol. The molecular weight excluding hydrogens is 138 g/mol. The Hall–Kier alpha value is -0.340. The molecule has 0 saturated heterocycles. The van der Waals surface area contributed by atoms with Crippen molar-refractivity contribution in [3.05, 3.63) is 11.6 Å². The molecule has 0 spiro atoms. The Morgan fingerprint density at radius 2 is 2.00 bits per heavy atom. The lowest BCUT2D eigenvalue weighted by Crippen LogP contribution is -2.22. The Labute approximate surface area is 69.5 Å². The smallest absolute Gasteiger partial charge is 0.0558 e. The van der Waals surface area contributed by atoms with E-state index < -0.39 is 0 Å². The number of hydrogen-bond acceptors (Lipinski definition) is 2. The van der Waals surface area contributed by atoms with Crippen LogP contribution in [0.25, 0.3) is 0 Å². The summed E-state index contributed by atoms with van der Waals surface area (Å²) in [5, 5.41) is 8.59. The molecule has 0 atom stereocenters. The van der Waals surface area contributed by atoms with Gasteiger partial charge in [0.25, 0.3) is 0 Å². The number of rotatable bonds is 5. The van der Waals surface area contributed by atoms with Crippen molar-refractivity contribution in [3.8, 4) is 0 Å². The van der Waals surface area contributed by atoms with Crippen LogP contribution < -0.4 is 0 Å². The van der Waals surface area contributed by atoms with E-state index in [-0.39, 0.29) is 6.61 Å². The molecule has 0 aromatic heterocycles. The largest absolute Gasteiger partial charge is 0.395 e. The Morgan fingerprint density at radius 1 is 1.36 bits per heavy atom. The molecule has 11 heavy (non-hydrogen) atoms. The van der Waals surface area contributed by atoms with Crippen molar-refractivity contribution in [1.29, 1.82) is 0 Å². The van der Waals surface area contributed by atoms with E-state index in [0.717, 1.165) is 19.5 Å². The highest BCUT2D eigenvalue weighted by atomic mass is 16.3. The highest BCUT2D eigenvalue weighted by Gasteiger charge is 1.93. The highest BCUT2D eigenvalue weighted by molar-refractivity contribution is 4.92. The van der Waals surface area contributed by atoms with Crippen LogP contribution in [-0.2, 0) is 0 Å². The maximum absolute atomic E-state index is 8.59. The molecule has 0 rings (SSSR count). The van der Waals surface area contributed by atoms with Crippen LogP contribution in [0, 0.1) is 0 Å². The van der Waals surface area contributed by atoms with Gasteiger partial charge in [-0.1, -0.05) is 11.6 Å². The van der Waals surface area contributed by atoms with Crippen LogP contribution in [0.15, 0.2) is 11.6 Å². The standard InChI is InChI=1S/C9H19NO/c1-9(2)5-4-6-10(3)7-8-11/h5,11H,4,6-8H2,1-3H3. The lowest BCUT2D eigenvalue weighted by atomic mass is 10.2. The molecular formula is C9H19NO. The summed E-state index contributed by atoms with van der Waals surface area (Å²) in [5.74, 6) is 0. The van der Waals surface area contributed by atoms with Crippen LogP contribution in [0.2, 0.25) is 0 Å². The number of aliphatic hydroxyl groups excluding tert-OH is 1. The van der Waals surface area contributed by atoms with Gasteiger partial charge < -0.3 is 10.0 Å². The molecule has 0 saturated carbocycles. The molecule has 1 N–H and O–H groups in total. The fourth-order valence-electron chi connectivity index (χ4n) is 0.856. The van der Waals surface area contributed by atoms with E-state index in [9.17, 15) is 0 Å². The average Bonchev–Trinajstić information content (AvgIpc) is 1.87. The summed E-state index contributed by atoms with van der Waals surface area (Å²) in [6, 6.07) is 0. The summed E-state index contributed by atoms with van der Waals surface area (Å²) in [5.41, 5.74) is 1.36. The summed E-state index contributed by atoms with van der Waals surface area (Å²) in [7, 11) is 2.02. The number of hydrogen-bond donors (Lipinski definition) is 1. The number of aliphatic hydroxyl groups is 1. The Balaban J connectivity index is 3.31. The predicted octanol–water partition coefficient (Wildman–Crippen LogP) is 1.27. The third-order valence-electron chi connectivity index (χ3n) is 1.55. The molecule has 0 bridgehead atoms. The zero-order valence-corrected chi connectivity index (χ0v) is 7.80. The van der Waals surface area contributed by atoms with E-state index in [0.29, 0.717) is 0 Å². The van der Waals surface area contributed by atoms with Crippen molar-refractivity contribution in [2.24, 2.45) is 0 Å². The minimum atomic E-state index is 0.255. The van der Waals surface area contributed by atoms with Crippen LogP contribution in [0.5, 0.6) is 0 Å². The Morgan fingerprint density at radius 3 is 2.45 bits per heavy atom. The van der Waals surface area contributed by atoms with Crippen LogP contribution >= 0.6 is 0 Å². The van der Waals surface area contributed by atoms with Crippen molar-refractivity contribution >= 4 is 0 Å². The molecule has 0 amide bonds. The first-order valence-corrected chi connectivity index (χ1v) is 4.09. The topological polar surface area (TPSA) is 23.5 Å². The zero-order chi connectivity index (χ0) is 8.69. The van der Waals surface area contributed by atoms with E-state index in [1.807, 2.05) is 7.05 Å². The van der Waals surface area contributed by atoms with Gasteiger partial charge in [-0.3, -0.25) is 0 Å². The fourth-order valence-corrected chi connectivity index (χ4v) is 0.856. The molecule has 0 radical (unpaired) electrons. The van der Waals surface area contributed by atoms with Crippen molar-refractivity contribution in [3.63, 3.8) is 0 Å². The van der Waals surface area contributed by atoms with Gasteiger partial charge in [-0.2, -0.15) is 0 Å². The second-order valence-corrected chi connectivity index (χ2v) is 3.10. The summed E-state index contributed by atoms with van der Waals surface area (Å²) in [6.45, 7) is 6.27. The second-order valence-electron chi connectivity index (χ2n) is 3.10. The van der Waals surface area contributed by atoms with Crippen LogP contribution in [0.4, 0.5) is 0 Å². The SMILES string of the molecule is CC(C)=CCCN(C)CCO. The molecule has 0 aliphatic rings. The van der Waals surface area contributed by atoms with Gasteiger partial charge in [-0.05, 0) is 27.3 Å². The molecule has 0 aliphatic heterocycles. The first-order valence-electron chi connectivity index (χ1n) is 4.09. The first-order chi connectivity index (χ1) is 5.16. The maximum Gasteiger partial charge on any atom is 0.0558 e. The first kappa shape index (κ1) is 10.7. The van der Waals surface area contributed by atoms with Gasteiger partial charge in [-0.15, -0.1) is 0 Å². The molecule has 0 heterocycles. The summed E-state index contributed by atoms with van der Waals surface area (Å²) < 4.78 is 0. The van der Waals surface area contributed by atoms with Crippen LogP contribution in [-0.4, -0.2) is 36.8 Å². The second kappa shape index (κ2) is 6.38. The molecule has 0 aliphatic carbocycles. The quantitative estimate of drug-likeness (QED) is 0.607. The molecule has 0 unspecified atom stereocenters. The Kier molecular flexibility index (Phi) is 6.18. The Bertz CT molecular complexity index is 117. The minimum absolute atomic E-state index is 0.255. The number of allylic oxidation sites excluding steroid dienone is 1. The summed E-state index contributed by atoms with van der Waals surface area (Å²) >= 11 is 0. The fraction of sp³-hybridized carbons (Fsp3) is 0.778. The molecule has 2 nitrogen and oxygen atoms in total. The van der Waals surface area contributed by atoms with Gasteiger partial charge in [0.15, 0.2) is 0 Å². The lowest BCUT2D eigenvalue weighted by molar-refractivity contribution is 0.223. The lowest BCUT2D eigenvalue weighted by Gasteiger charge is -2.12. The van der Waals surface area contributed by atoms with Gasteiger partial charge >= 0.3 is 0 Å². The van der Waals surface area contributed by atoms with Crippen LogP contribution in [0.1, 0.15) is 20.3 Å². The van der Waals surface area contributed by atoms with Crippen LogP contribution in [0.3, 0.4) is 0 Å². The minimum Gasteiger partial charge on any atom is -0.395 e. The van der Waals surface area contributed by atoms with Crippen molar-refractivity contribution < 1.29 is 5.11 Å². The van der Waals surface area contributed by atoms with Gasteiger partial charge in [0.1, 0.15) is 0 Å². The molecule has 0 aromatic carbocycles. The van der Waals surface area contributed by atoms with E-state index >= 15 is 0 Å². The molecule has 2 heteroatoms. The normalized spacial score (nSPS) is 10.3. The van der Waals surface area contributed by atoms with E-state index in [2.05, 4.69) is 24.8 Å². The molecule has 0 fully saturated rings. The maximum atomic E-state index is 8.59. The van der Waals surface area contributed by atoms with Gasteiger partial charge in [0.2, 0.25) is 0 Å². The van der Waals surface area contributed by atoms with E-state index in [1.165, 1.54) is 5.57 Å².